The number of carbonyl (C=O) groups excluding carboxylic acids is 2. The third-order valence-electron chi connectivity index (χ3n) is 8.84. The van der Waals surface area contributed by atoms with Crippen molar-refractivity contribution in [2.45, 2.75) is 120 Å². The number of aliphatic hydroxyl groups is 1. The van der Waals surface area contributed by atoms with Crippen LogP contribution in [0.1, 0.15) is 103 Å². The summed E-state index contributed by atoms with van der Waals surface area (Å²) in [6, 6.07) is -0.576. The maximum Gasteiger partial charge on any atom is 0.246 e. The number of carbonyl (C=O) groups is 2. The molecule has 4 rings (SSSR count). The van der Waals surface area contributed by atoms with Crippen molar-refractivity contribution in [2.24, 2.45) is 5.92 Å². The summed E-state index contributed by atoms with van der Waals surface area (Å²) in [7, 11) is 0. The van der Waals surface area contributed by atoms with Crippen molar-refractivity contribution in [3.8, 4) is 0 Å². The van der Waals surface area contributed by atoms with Gasteiger partial charge in [0, 0.05) is 32.6 Å². The van der Waals surface area contributed by atoms with Crippen LogP contribution >= 0.6 is 0 Å². The Balaban J connectivity index is 1.43. The molecule has 0 aromatic heterocycles. The predicted molar refractivity (Wildman–Crippen MR) is 126 cm³/mol. The number of unbranched alkanes of at least 4 members (excludes halogenated alkanes) is 1. The number of hydrogen-bond donors (Lipinski definition) is 2. The molecule has 0 aromatic rings. The van der Waals surface area contributed by atoms with Crippen LogP contribution in [-0.2, 0) is 9.59 Å². The predicted octanol–water partition coefficient (Wildman–Crippen LogP) is 3.61. The van der Waals surface area contributed by atoms with Crippen molar-refractivity contribution >= 4 is 11.8 Å². The lowest BCUT2D eigenvalue weighted by molar-refractivity contribution is -0.163. The molecule has 6 nitrogen and oxygen atoms in total. The Morgan fingerprint density at radius 1 is 0.969 bits per heavy atom. The summed E-state index contributed by atoms with van der Waals surface area (Å²) in [4.78, 5) is 31.7. The maximum atomic E-state index is 13.7. The minimum atomic E-state index is -0.809. The summed E-state index contributed by atoms with van der Waals surface area (Å²) in [5.74, 6) is 0.865. The summed E-state index contributed by atoms with van der Waals surface area (Å²) in [5, 5.41) is 14.1. The molecule has 2 saturated carbocycles. The van der Waals surface area contributed by atoms with E-state index >= 15 is 0 Å². The van der Waals surface area contributed by atoms with Gasteiger partial charge in [0.2, 0.25) is 11.8 Å². The monoisotopic (exact) mass is 447 g/mol. The molecular weight excluding hydrogens is 402 g/mol. The molecule has 1 atom stereocenters. The number of amides is 2. The highest BCUT2D eigenvalue weighted by Crippen LogP contribution is 2.38. The smallest absolute Gasteiger partial charge is 0.246 e. The molecule has 0 unspecified atom stereocenters. The van der Waals surface area contributed by atoms with Crippen molar-refractivity contribution in [3.05, 3.63) is 0 Å². The fourth-order valence-electron chi connectivity index (χ4n) is 6.79. The van der Waals surface area contributed by atoms with Crippen LogP contribution in [0.3, 0.4) is 0 Å². The van der Waals surface area contributed by atoms with E-state index in [4.69, 9.17) is 0 Å². The highest BCUT2D eigenvalue weighted by molar-refractivity contribution is 6.00. The molecule has 4 aliphatic rings. The Bertz CT molecular complexity index is 647. The number of likely N-dealkylation sites (tertiary alicyclic amines) is 1. The van der Waals surface area contributed by atoms with E-state index in [1.807, 2.05) is 4.90 Å². The Hall–Kier alpha value is -1.14. The normalized spacial score (nSPS) is 29.3. The third kappa shape index (κ3) is 5.16. The Labute approximate surface area is 194 Å². The van der Waals surface area contributed by atoms with Crippen molar-refractivity contribution in [2.75, 3.05) is 26.2 Å². The number of nitrogens with zero attached hydrogens (tertiary/aromatic N) is 2. The van der Waals surface area contributed by atoms with Crippen LogP contribution in [0, 0.1) is 5.92 Å². The van der Waals surface area contributed by atoms with Gasteiger partial charge >= 0.3 is 0 Å². The molecule has 0 bridgehead atoms. The molecule has 2 amide bonds. The lowest BCUT2D eigenvalue weighted by Crippen LogP contribution is -2.73. The van der Waals surface area contributed by atoms with Gasteiger partial charge in [0.1, 0.15) is 11.6 Å². The first-order valence-corrected chi connectivity index (χ1v) is 13.5. The second kappa shape index (κ2) is 10.4. The van der Waals surface area contributed by atoms with Crippen LogP contribution in [-0.4, -0.2) is 70.1 Å². The van der Waals surface area contributed by atoms with Crippen LogP contribution in [0.15, 0.2) is 0 Å². The van der Waals surface area contributed by atoms with Crippen molar-refractivity contribution < 1.29 is 14.7 Å². The van der Waals surface area contributed by atoms with E-state index in [1.54, 1.807) is 0 Å². The molecule has 4 fully saturated rings. The minimum Gasteiger partial charge on any atom is -0.390 e. The maximum absolute atomic E-state index is 13.7. The number of hydrogen-bond acceptors (Lipinski definition) is 4. The molecule has 2 N–H and O–H groups in total. The zero-order chi connectivity index (χ0) is 22.6. The quantitative estimate of drug-likeness (QED) is 0.625. The standard InChI is InChI=1S/C26H45N3O3/c1-2-3-16-29-23(30)22(19-25(32)12-8-5-9-13-25)27-24(31)26(29)14-17-28(18-15-26)20-21-10-6-4-7-11-21/h21-22,32H,2-20H2,1H3,(H,27,31)/t22-/m1/s1. The fraction of sp³-hybridized carbons (Fsp3) is 0.923. The largest absolute Gasteiger partial charge is 0.390 e. The summed E-state index contributed by atoms with van der Waals surface area (Å²) in [5.41, 5.74) is -1.50. The van der Waals surface area contributed by atoms with Gasteiger partial charge < -0.3 is 20.2 Å². The van der Waals surface area contributed by atoms with Crippen LogP contribution in [0.25, 0.3) is 0 Å². The number of nitrogens with one attached hydrogen (secondary N) is 1. The summed E-state index contributed by atoms with van der Waals surface area (Å²) < 4.78 is 0. The van der Waals surface area contributed by atoms with Gasteiger partial charge in [-0.05, 0) is 50.9 Å². The second-order valence-electron chi connectivity index (χ2n) is 11.2. The number of piperidine rings is 1. The first-order valence-electron chi connectivity index (χ1n) is 13.5. The van der Waals surface area contributed by atoms with Crippen molar-refractivity contribution in [3.63, 3.8) is 0 Å². The topological polar surface area (TPSA) is 72.9 Å². The first-order chi connectivity index (χ1) is 15.5. The van der Waals surface area contributed by atoms with E-state index in [0.29, 0.717) is 13.0 Å². The molecule has 6 heteroatoms. The second-order valence-corrected chi connectivity index (χ2v) is 11.2. The van der Waals surface area contributed by atoms with Crippen LogP contribution in [0.4, 0.5) is 0 Å². The molecule has 1 spiro atoms. The molecule has 32 heavy (non-hydrogen) atoms. The average Bonchev–Trinajstić information content (AvgIpc) is 2.80. The van der Waals surface area contributed by atoms with Gasteiger partial charge in [0.05, 0.1) is 5.60 Å². The van der Waals surface area contributed by atoms with Gasteiger partial charge in [-0.3, -0.25) is 9.59 Å². The number of piperazine rings is 1. The lowest BCUT2D eigenvalue weighted by Gasteiger charge is -2.52. The lowest BCUT2D eigenvalue weighted by atomic mass is 9.77. The van der Waals surface area contributed by atoms with Crippen molar-refractivity contribution in [1.29, 1.82) is 0 Å². The summed E-state index contributed by atoms with van der Waals surface area (Å²) in [6.07, 6.45) is 15.2. The summed E-state index contributed by atoms with van der Waals surface area (Å²) >= 11 is 0. The highest BCUT2D eigenvalue weighted by atomic mass is 16.3. The molecule has 0 aromatic carbocycles. The fourth-order valence-corrected chi connectivity index (χ4v) is 6.79. The van der Waals surface area contributed by atoms with Crippen LogP contribution in [0.2, 0.25) is 0 Å². The molecule has 2 aliphatic heterocycles. The van der Waals surface area contributed by atoms with Gasteiger partial charge in [-0.2, -0.15) is 0 Å². The minimum absolute atomic E-state index is 0.0231. The molecule has 2 saturated heterocycles. The third-order valence-corrected chi connectivity index (χ3v) is 8.84. The molecular formula is C26H45N3O3. The summed E-state index contributed by atoms with van der Waals surface area (Å²) in [6.45, 7) is 5.73. The van der Waals surface area contributed by atoms with Gasteiger partial charge in [-0.15, -0.1) is 0 Å². The van der Waals surface area contributed by atoms with Crippen LogP contribution < -0.4 is 5.32 Å². The highest BCUT2D eigenvalue weighted by Gasteiger charge is 2.54. The van der Waals surface area contributed by atoms with E-state index in [0.717, 1.165) is 83.3 Å². The zero-order valence-corrected chi connectivity index (χ0v) is 20.2. The van der Waals surface area contributed by atoms with E-state index < -0.39 is 17.2 Å². The first kappa shape index (κ1) is 24.0. The molecule has 2 aliphatic carbocycles. The van der Waals surface area contributed by atoms with E-state index in [-0.39, 0.29) is 11.8 Å². The molecule has 2 heterocycles. The van der Waals surface area contributed by atoms with Crippen LogP contribution in [0.5, 0.6) is 0 Å². The van der Waals surface area contributed by atoms with E-state index in [2.05, 4.69) is 17.1 Å². The Kier molecular flexibility index (Phi) is 7.81. The average molecular weight is 448 g/mol. The van der Waals surface area contributed by atoms with Crippen molar-refractivity contribution in [1.82, 2.24) is 15.1 Å². The number of rotatable bonds is 7. The molecule has 182 valence electrons. The molecule has 0 radical (unpaired) electrons. The van der Waals surface area contributed by atoms with E-state index in [1.165, 1.54) is 32.1 Å². The zero-order valence-electron chi connectivity index (χ0n) is 20.2. The van der Waals surface area contributed by atoms with Gasteiger partial charge in [0.25, 0.3) is 0 Å². The van der Waals surface area contributed by atoms with Gasteiger partial charge in [-0.1, -0.05) is 51.9 Å². The SMILES string of the molecule is CCCCN1C(=O)[C@@H](CC2(O)CCCCC2)NC(=O)C12CCN(CC1CCCCC1)CC2. The Morgan fingerprint density at radius 3 is 2.28 bits per heavy atom. The Morgan fingerprint density at radius 2 is 1.62 bits per heavy atom. The van der Waals surface area contributed by atoms with E-state index in [9.17, 15) is 14.7 Å². The van der Waals surface area contributed by atoms with Gasteiger partial charge in [-0.25, -0.2) is 0 Å². The van der Waals surface area contributed by atoms with Gasteiger partial charge in [0.15, 0.2) is 0 Å².